The summed E-state index contributed by atoms with van der Waals surface area (Å²) in [4.78, 5) is 50.2. The number of rotatable bonds is 10. The Labute approximate surface area is 187 Å². The van der Waals surface area contributed by atoms with Gasteiger partial charge in [0.15, 0.2) is 12.4 Å². The minimum Gasteiger partial charge on any atom is -0.482 e. The van der Waals surface area contributed by atoms with Crippen LogP contribution in [-0.4, -0.2) is 90.8 Å². The van der Waals surface area contributed by atoms with Crippen LogP contribution >= 0.6 is 0 Å². The third-order valence-electron chi connectivity index (χ3n) is 5.31. The second kappa shape index (κ2) is 12.0. The number of hydrogen-bond donors (Lipinski definition) is 1. The van der Waals surface area contributed by atoms with Crippen LogP contribution in [0.4, 0.5) is 4.79 Å². The number of Topliss-reactive ketones (excluding diaryl/α,β-unsaturated/α-hetero) is 1. The average molecular weight is 450 g/mol. The third kappa shape index (κ3) is 7.23. The molecular weight excluding hydrogens is 420 g/mol. The van der Waals surface area contributed by atoms with E-state index in [2.05, 4.69) is 0 Å². The number of ether oxygens (including phenoxy) is 3. The molecule has 0 saturated carbocycles. The van der Waals surface area contributed by atoms with Gasteiger partial charge in [-0.2, -0.15) is 0 Å². The summed E-state index contributed by atoms with van der Waals surface area (Å²) in [6.45, 7) is 3.97. The first-order chi connectivity index (χ1) is 15.2. The molecule has 0 radical (unpaired) electrons. The molecule has 1 N–H and O–H groups in total. The highest BCUT2D eigenvalue weighted by atomic mass is 16.6. The predicted octanol–water partition coefficient (Wildman–Crippen LogP) is 1.82. The molecule has 0 aliphatic carbocycles. The number of benzene rings is 1. The largest absolute Gasteiger partial charge is 0.482 e. The molecule has 32 heavy (non-hydrogen) atoms. The van der Waals surface area contributed by atoms with Crippen LogP contribution < -0.4 is 4.74 Å². The maximum atomic E-state index is 12.7. The van der Waals surface area contributed by atoms with E-state index >= 15 is 0 Å². The molecule has 0 aromatic heterocycles. The number of amides is 2. The first-order valence-electron chi connectivity index (χ1n) is 10.5. The Hall–Kier alpha value is -3.14. The minimum atomic E-state index is -0.954. The van der Waals surface area contributed by atoms with E-state index in [1.54, 1.807) is 38.1 Å². The lowest BCUT2D eigenvalue weighted by atomic mass is 10.0. The number of esters is 1. The van der Waals surface area contributed by atoms with Crippen molar-refractivity contribution in [2.75, 3.05) is 40.0 Å². The monoisotopic (exact) mass is 450 g/mol. The van der Waals surface area contributed by atoms with Crippen LogP contribution in [0.1, 0.15) is 37.0 Å². The van der Waals surface area contributed by atoms with Crippen LogP contribution in [0.25, 0.3) is 0 Å². The van der Waals surface area contributed by atoms with Crippen molar-refractivity contribution < 1.29 is 38.5 Å². The number of hydrogen-bond acceptors (Lipinski definition) is 7. The summed E-state index contributed by atoms with van der Waals surface area (Å²) >= 11 is 0. The van der Waals surface area contributed by atoms with Crippen molar-refractivity contribution >= 4 is 23.8 Å². The van der Waals surface area contributed by atoms with Crippen LogP contribution in [0, 0.1) is 0 Å². The van der Waals surface area contributed by atoms with Crippen molar-refractivity contribution in [3.05, 3.63) is 29.8 Å². The molecule has 1 heterocycles. The summed E-state index contributed by atoms with van der Waals surface area (Å²) in [5, 5.41) is 8.97. The number of ketones is 1. The molecule has 1 aliphatic rings. The second-order valence-electron chi connectivity index (χ2n) is 7.44. The van der Waals surface area contributed by atoms with E-state index in [9.17, 15) is 19.2 Å². The summed E-state index contributed by atoms with van der Waals surface area (Å²) in [5.41, 5.74) is 0.405. The molecule has 1 aliphatic heterocycles. The molecule has 1 saturated heterocycles. The van der Waals surface area contributed by atoms with Crippen molar-refractivity contribution in [3.8, 4) is 5.75 Å². The van der Waals surface area contributed by atoms with Gasteiger partial charge < -0.3 is 29.1 Å². The number of likely N-dealkylation sites (tertiary alicyclic amines) is 1. The fraction of sp³-hybridized carbons (Fsp3) is 0.545. The van der Waals surface area contributed by atoms with E-state index in [1.807, 2.05) is 0 Å². The normalized spacial score (nSPS) is 15.0. The fourth-order valence-electron chi connectivity index (χ4n) is 3.20. The lowest BCUT2D eigenvalue weighted by Crippen LogP contribution is -2.44. The van der Waals surface area contributed by atoms with E-state index in [0.717, 1.165) is 0 Å². The van der Waals surface area contributed by atoms with Gasteiger partial charge in [0.25, 0.3) is 0 Å². The molecule has 10 nitrogen and oxygen atoms in total. The Morgan fingerprint density at radius 2 is 1.75 bits per heavy atom. The van der Waals surface area contributed by atoms with Gasteiger partial charge in [0.05, 0.1) is 18.8 Å². The molecule has 2 amide bonds. The molecule has 0 spiro atoms. The van der Waals surface area contributed by atoms with Crippen molar-refractivity contribution in [1.29, 1.82) is 0 Å². The van der Waals surface area contributed by atoms with Gasteiger partial charge in [0.2, 0.25) is 5.91 Å². The standard InChI is InChI=1S/C22H30N2O8/c1-4-30-20(26)14-32-17-7-5-16(6-8-17)21(27)15(2)23(3)19(25)13-31-18-9-11-24(12-10-18)22(28)29/h5-8,15,18H,4,9-14H2,1-3H3,(H,28,29)/t15-/m0/s1. The zero-order chi connectivity index (χ0) is 23.7. The van der Waals surface area contributed by atoms with Gasteiger partial charge in [0, 0.05) is 25.7 Å². The molecule has 1 atom stereocenters. The highest BCUT2D eigenvalue weighted by Crippen LogP contribution is 2.16. The summed E-state index contributed by atoms with van der Waals surface area (Å²) in [5.74, 6) is -0.626. The highest BCUT2D eigenvalue weighted by Gasteiger charge is 2.26. The number of carbonyl (C=O) groups excluding carboxylic acids is 3. The molecule has 1 aromatic rings. The van der Waals surface area contributed by atoms with E-state index < -0.39 is 18.1 Å². The Bertz CT molecular complexity index is 803. The average Bonchev–Trinajstić information content (AvgIpc) is 2.80. The molecule has 1 fully saturated rings. The van der Waals surface area contributed by atoms with E-state index in [-0.39, 0.29) is 37.6 Å². The lowest BCUT2D eigenvalue weighted by molar-refractivity contribution is -0.145. The zero-order valence-electron chi connectivity index (χ0n) is 18.6. The predicted molar refractivity (Wildman–Crippen MR) is 114 cm³/mol. The first kappa shape index (κ1) is 25.1. The SMILES string of the molecule is CCOC(=O)COc1ccc(C(=O)[C@H](C)N(C)C(=O)COC2CCN(C(=O)O)CC2)cc1. The van der Waals surface area contributed by atoms with Gasteiger partial charge in [-0.3, -0.25) is 9.59 Å². The number of carbonyl (C=O) groups is 4. The molecule has 176 valence electrons. The number of piperidine rings is 1. The first-order valence-corrected chi connectivity index (χ1v) is 10.5. The molecular formula is C22H30N2O8. The highest BCUT2D eigenvalue weighted by molar-refractivity contribution is 6.01. The quantitative estimate of drug-likeness (QED) is 0.423. The van der Waals surface area contributed by atoms with Gasteiger partial charge in [-0.1, -0.05) is 0 Å². The second-order valence-corrected chi connectivity index (χ2v) is 7.44. The fourth-order valence-corrected chi connectivity index (χ4v) is 3.20. The molecule has 1 aromatic carbocycles. The number of likely N-dealkylation sites (N-methyl/N-ethyl adjacent to an activating group) is 1. The number of nitrogens with zero attached hydrogens (tertiary/aromatic N) is 2. The molecule has 10 heteroatoms. The molecule has 0 bridgehead atoms. The smallest absolute Gasteiger partial charge is 0.407 e. The summed E-state index contributed by atoms with van der Waals surface area (Å²) < 4.78 is 15.7. The van der Waals surface area contributed by atoms with Gasteiger partial charge >= 0.3 is 12.1 Å². The van der Waals surface area contributed by atoms with Gasteiger partial charge in [0.1, 0.15) is 12.4 Å². The van der Waals surface area contributed by atoms with Crippen LogP contribution in [0.2, 0.25) is 0 Å². The molecule has 2 rings (SSSR count). The Balaban J connectivity index is 1.81. The third-order valence-corrected chi connectivity index (χ3v) is 5.31. The van der Waals surface area contributed by atoms with Crippen molar-refractivity contribution in [3.63, 3.8) is 0 Å². The van der Waals surface area contributed by atoms with Gasteiger partial charge in [-0.15, -0.1) is 0 Å². The van der Waals surface area contributed by atoms with Gasteiger partial charge in [-0.05, 0) is 51.0 Å². The Morgan fingerprint density at radius 3 is 2.31 bits per heavy atom. The number of carboxylic acid groups (broad SMARTS) is 1. The maximum Gasteiger partial charge on any atom is 0.407 e. The van der Waals surface area contributed by atoms with Crippen molar-refractivity contribution in [1.82, 2.24) is 9.80 Å². The van der Waals surface area contributed by atoms with E-state index in [0.29, 0.717) is 37.2 Å². The van der Waals surface area contributed by atoms with Crippen LogP contribution in [0.5, 0.6) is 5.75 Å². The van der Waals surface area contributed by atoms with E-state index in [4.69, 9.17) is 19.3 Å². The zero-order valence-corrected chi connectivity index (χ0v) is 18.6. The lowest BCUT2D eigenvalue weighted by Gasteiger charge is -2.30. The summed E-state index contributed by atoms with van der Waals surface area (Å²) in [6, 6.07) is 5.60. The van der Waals surface area contributed by atoms with Crippen molar-refractivity contribution in [2.24, 2.45) is 0 Å². The Kier molecular flexibility index (Phi) is 9.45. The molecule has 0 unspecified atom stereocenters. The van der Waals surface area contributed by atoms with Gasteiger partial charge in [-0.25, -0.2) is 9.59 Å². The van der Waals surface area contributed by atoms with Crippen LogP contribution in [0.15, 0.2) is 24.3 Å². The van der Waals surface area contributed by atoms with Crippen LogP contribution in [0.3, 0.4) is 0 Å². The summed E-state index contributed by atoms with van der Waals surface area (Å²) in [7, 11) is 1.54. The Morgan fingerprint density at radius 1 is 1.12 bits per heavy atom. The topological polar surface area (TPSA) is 123 Å². The van der Waals surface area contributed by atoms with Crippen molar-refractivity contribution in [2.45, 2.75) is 38.8 Å². The maximum absolute atomic E-state index is 12.7. The summed E-state index contributed by atoms with van der Waals surface area (Å²) in [6.07, 6.45) is -0.0774. The van der Waals surface area contributed by atoms with Crippen LogP contribution in [-0.2, 0) is 19.1 Å². The minimum absolute atomic E-state index is 0.174. The van der Waals surface area contributed by atoms with E-state index in [1.165, 1.54) is 16.8 Å².